The number of rotatable bonds is 7. The first-order valence-electron chi connectivity index (χ1n) is 7.45. The first-order chi connectivity index (χ1) is 11.3. The van der Waals surface area contributed by atoms with Gasteiger partial charge in [-0.25, -0.2) is 4.79 Å². The lowest BCUT2D eigenvalue weighted by Crippen LogP contribution is -2.41. The van der Waals surface area contributed by atoms with E-state index in [1.807, 2.05) is 32.9 Å². The van der Waals surface area contributed by atoms with Gasteiger partial charge in [0.25, 0.3) is 5.91 Å². The first kappa shape index (κ1) is 19.7. The molecule has 0 aliphatic heterocycles. The summed E-state index contributed by atoms with van der Waals surface area (Å²) in [7, 11) is 0. The Morgan fingerprint density at radius 3 is 2.58 bits per heavy atom. The molecule has 1 rings (SSSR count). The molecule has 0 saturated carbocycles. The van der Waals surface area contributed by atoms with Gasteiger partial charge in [0.15, 0.2) is 6.61 Å². The van der Waals surface area contributed by atoms with Crippen molar-refractivity contribution < 1.29 is 19.1 Å². The fourth-order valence-corrected chi connectivity index (χ4v) is 1.85. The molecule has 0 unspecified atom stereocenters. The number of hydrogen-bond donors (Lipinski definition) is 2. The molecule has 0 saturated heterocycles. The number of carbonyl (C=O) groups excluding carboxylic acids is 3. The Labute approximate surface area is 146 Å². The highest BCUT2D eigenvalue weighted by atomic mass is 35.5. The zero-order chi connectivity index (χ0) is 18.1. The van der Waals surface area contributed by atoms with E-state index >= 15 is 0 Å². The second-order valence-corrected chi connectivity index (χ2v) is 5.86. The molecule has 0 atom stereocenters. The third kappa shape index (κ3) is 7.78. The molecule has 130 valence electrons. The predicted octanol–water partition coefficient (Wildman–Crippen LogP) is 1.85. The third-order valence-electron chi connectivity index (χ3n) is 2.85. The fraction of sp³-hybridized carbons (Fsp3) is 0.353. The number of halogens is 1. The highest BCUT2D eigenvalue weighted by Gasteiger charge is 2.08. The maximum absolute atomic E-state index is 11.6. The van der Waals surface area contributed by atoms with Crippen molar-refractivity contribution in [1.29, 1.82) is 0 Å². The van der Waals surface area contributed by atoms with Gasteiger partial charge in [-0.3, -0.25) is 9.59 Å². The maximum atomic E-state index is 11.6. The molecule has 0 aliphatic carbocycles. The van der Waals surface area contributed by atoms with Crippen LogP contribution in [0.15, 0.2) is 24.3 Å². The summed E-state index contributed by atoms with van der Waals surface area (Å²) in [5.74, 6) is -1.51. The summed E-state index contributed by atoms with van der Waals surface area (Å²) in [6.45, 7) is 4.90. The van der Waals surface area contributed by atoms with Crippen molar-refractivity contribution in [2.75, 3.05) is 13.2 Å². The van der Waals surface area contributed by atoms with Gasteiger partial charge in [0.2, 0.25) is 5.91 Å². The highest BCUT2D eigenvalue weighted by molar-refractivity contribution is 6.31. The quantitative estimate of drug-likeness (QED) is 0.579. The lowest BCUT2D eigenvalue weighted by Gasteiger charge is -2.09. The van der Waals surface area contributed by atoms with Gasteiger partial charge in [0.1, 0.15) is 0 Å². The van der Waals surface area contributed by atoms with Gasteiger partial charge in [-0.05, 0) is 44.0 Å². The van der Waals surface area contributed by atoms with Crippen molar-refractivity contribution in [3.05, 3.63) is 40.4 Å². The summed E-state index contributed by atoms with van der Waals surface area (Å²) in [4.78, 5) is 34.4. The van der Waals surface area contributed by atoms with Crippen LogP contribution in [0.3, 0.4) is 0 Å². The van der Waals surface area contributed by atoms with Gasteiger partial charge >= 0.3 is 5.97 Å². The molecule has 2 amide bonds. The molecule has 2 N–H and O–H groups in total. The van der Waals surface area contributed by atoms with Crippen LogP contribution in [-0.4, -0.2) is 37.0 Å². The zero-order valence-corrected chi connectivity index (χ0v) is 14.6. The largest absolute Gasteiger partial charge is 0.452 e. The number of benzene rings is 1. The number of hydrogen-bond acceptors (Lipinski definition) is 4. The molecule has 6 nitrogen and oxygen atoms in total. The van der Waals surface area contributed by atoms with Crippen molar-refractivity contribution in [2.45, 2.75) is 26.8 Å². The Morgan fingerprint density at radius 1 is 1.25 bits per heavy atom. The average Bonchev–Trinajstić information content (AvgIpc) is 2.51. The molecule has 7 heteroatoms. The number of amides is 2. The normalized spacial score (nSPS) is 10.7. The fourth-order valence-electron chi connectivity index (χ4n) is 1.66. The molecule has 0 aliphatic rings. The Bertz CT molecular complexity index is 641. The lowest BCUT2D eigenvalue weighted by molar-refractivity contribution is -0.143. The van der Waals surface area contributed by atoms with Crippen LogP contribution < -0.4 is 10.6 Å². The molecular weight excluding hydrogens is 332 g/mol. The van der Waals surface area contributed by atoms with E-state index in [2.05, 4.69) is 10.6 Å². The minimum Gasteiger partial charge on any atom is -0.452 e. The van der Waals surface area contributed by atoms with E-state index in [-0.39, 0.29) is 18.5 Å². The van der Waals surface area contributed by atoms with E-state index in [0.29, 0.717) is 5.02 Å². The standard InChI is InChI=1S/C17H21ClN2O4/c1-11(2)20-15(21)9-19-16(22)10-24-17(23)7-6-13-5-4-12(3)14(18)8-13/h4-8,11H,9-10H2,1-3H3,(H,19,22)(H,20,21)/b7-6+. The van der Waals surface area contributed by atoms with E-state index in [0.717, 1.165) is 11.1 Å². The minimum atomic E-state index is -0.659. The van der Waals surface area contributed by atoms with Crippen LogP contribution in [0, 0.1) is 6.92 Å². The number of nitrogens with one attached hydrogen (secondary N) is 2. The molecule has 1 aromatic rings. The summed E-state index contributed by atoms with van der Waals surface area (Å²) in [5.41, 5.74) is 1.69. The van der Waals surface area contributed by atoms with E-state index in [4.69, 9.17) is 16.3 Å². The summed E-state index contributed by atoms with van der Waals surface area (Å²) < 4.78 is 4.79. The predicted molar refractivity (Wildman–Crippen MR) is 92.5 cm³/mol. The molecule has 0 aromatic heterocycles. The Balaban J connectivity index is 2.34. The number of carbonyl (C=O) groups is 3. The zero-order valence-electron chi connectivity index (χ0n) is 13.9. The summed E-state index contributed by atoms with van der Waals surface area (Å²) in [6, 6.07) is 5.36. The molecule has 0 spiro atoms. The monoisotopic (exact) mass is 352 g/mol. The smallest absolute Gasteiger partial charge is 0.331 e. The van der Waals surface area contributed by atoms with Crippen LogP contribution in [0.1, 0.15) is 25.0 Å². The molecule has 0 bridgehead atoms. The molecule has 0 heterocycles. The van der Waals surface area contributed by atoms with Crippen molar-refractivity contribution >= 4 is 35.5 Å². The van der Waals surface area contributed by atoms with Gasteiger partial charge < -0.3 is 15.4 Å². The summed E-state index contributed by atoms with van der Waals surface area (Å²) in [5, 5.41) is 5.59. The van der Waals surface area contributed by atoms with Crippen molar-refractivity contribution in [1.82, 2.24) is 10.6 Å². The van der Waals surface area contributed by atoms with Gasteiger partial charge in [-0.1, -0.05) is 23.7 Å². The third-order valence-corrected chi connectivity index (χ3v) is 3.26. The second-order valence-electron chi connectivity index (χ2n) is 5.45. The molecule has 0 fully saturated rings. The van der Waals surface area contributed by atoms with Gasteiger partial charge in [-0.15, -0.1) is 0 Å². The van der Waals surface area contributed by atoms with E-state index < -0.39 is 18.5 Å². The molecule has 1 aromatic carbocycles. The van der Waals surface area contributed by atoms with Crippen molar-refractivity contribution in [2.24, 2.45) is 0 Å². The highest BCUT2D eigenvalue weighted by Crippen LogP contribution is 2.17. The number of aryl methyl sites for hydroxylation is 1. The van der Waals surface area contributed by atoms with Crippen LogP contribution in [0.2, 0.25) is 5.02 Å². The minimum absolute atomic E-state index is 0.00681. The van der Waals surface area contributed by atoms with E-state index in [9.17, 15) is 14.4 Å². The lowest BCUT2D eigenvalue weighted by atomic mass is 10.1. The Morgan fingerprint density at radius 2 is 1.96 bits per heavy atom. The van der Waals surface area contributed by atoms with Crippen LogP contribution in [0.4, 0.5) is 0 Å². The van der Waals surface area contributed by atoms with Crippen LogP contribution in [0.5, 0.6) is 0 Å². The number of ether oxygens (including phenoxy) is 1. The van der Waals surface area contributed by atoms with Gasteiger partial charge in [-0.2, -0.15) is 0 Å². The van der Waals surface area contributed by atoms with E-state index in [1.54, 1.807) is 12.1 Å². The van der Waals surface area contributed by atoms with Crippen molar-refractivity contribution in [3.63, 3.8) is 0 Å². The number of esters is 1. The van der Waals surface area contributed by atoms with Gasteiger partial charge in [0, 0.05) is 17.1 Å². The molecule has 0 radical (unpaired) electrons. The van der Waals surface area contributed by atoms with Crippen molar-refractivity contribution in [3.8, 4) is 0 Å². The first-order valence-corrected chi connectivity index (χ1v) is 7.82. The van der Waals surface area contributed by atoms with Crippen LogP contribution >= 0.6 is 11.6 Å². The Hall–Kier alpha value is -2.34. The summed E-state index contributed by atoms with van der Waals surface area (Å²) in [6.07, 6.45) is 2.75. The molecular formula is C17H21ClN2O4. The van der Waals surface area contributed by atoms with E-state index in [1.165, 1.54) is 6.08 Å². The second kappa shape index (κ2) is 9.72. The summed E-state index contributed by atoms with van der Waals surface area (Å²) >= 11 is 5.99. The van der Waals surface area contributed by atoms with Crippen LogP contribution in [0.25, 0.3) is 6.08 Å². The Kier molecular flexibility index (Phi) is 7.98. The molecule has 24 heavy (non-hydrogen) atoms. The van der Waals surface area contributed by atoms with Crippen LogP contribution in [-0.2, 0) is 19.1 Å². The van der Waals surface area contributed by atoms with Gasteiger partial charge in [0.05, 0.1) is 6.54 Å². The topological polar surface area (TPSA) is 84.5 Å². The average molecular weight is 353 g/mol. The maximum Gasteiger partial charge on any atom is 0.331 e. The SMILES string of the molecule is Cc1ccc(/C=C/C(=O)OCC(=O)NCC(=O)NC(C)C)cc1Cl.